The molecule has 21 heavy (non-hydrogen) atoms. The van der Waals surface area contributed by atoms with Crippen molar-refractivity contribution in [2.75, 3.05) is 13.1 Å². The van der Waals surface area contributed by atoms with Gasteiger partial charge in [-0.05, 0) is 25.8 Å². The van der Waals surface area contributed by atoms with E-state index in [9.17, 15) is 14.4 Å². The zero-order valence-corrected chi connectivity index (χ0v) is 12.2. The van der Waals surface area contributed by atoms with Crippen LogP contribution in [0.15, 0.2) is 30.3 Å². The zero-order chi connectivity index (χ0) is 15.5. The van der Waals surface area contributed by atoms with Gasteiger partial charge in [0.1, 0.15) is 12.1 Å². The van der Waals surface area contributed by atoms with Gasteiger partial charge in [0.15, 0.2) is 0 Å². The summed E-state index contributed by atoms with van der Waals surface area (Å²) in [6.07, 6.45) is 0.707. The van der Waals surface area contributed by atoms with Crippen molar-refractivity contribution in [1.29, 1.82) is 0 Å². The Morgan fingerprint density at radius 3 is 2.48 bits per heavy atom. The number of urea groups is 1. The Kier molecular flexibility index (Phi) is 4.26. The van der Waals surface area contributed by atoms with E-state index in [0.29, 0.717) is 13.0 Å². The lowest BCUT2D eigenvalue weighted by Crippen LogP contribution is -2.43. The first-order valence-electron chi connectivity index (χ1n) is 6.85. The van der Waals surface area contributed by atoms with Gasteiger partial charge in [-0.15, -0.1) is 0 Å². The predicted molar refractivity (Wildman–Crippen MR) is 77.5 cm³/mol. The number of carbonyl (C=O) groups is 3. The highest BCUT2D eigenvalue weighted by atomic mass is 16.2. The molecule has 1 heterocycles. The molecule has 1 saturated heterocycles. The molecule has 1 aliphatic rings. The molecule has 112 valence electrons. The summed E-state index contributed by atoms with van der Waals surface area (Å²) in [5.74, 6) is -0.724. The molecule has 0 saturated carbocycles. The molecule has 6 heteroatoms. The van der Waals surface area contributed by atoms with Gasteiger partial charge in [0.25, 0.3) is 5.91 Å². The van der Waals surface area contributed by atoms with Crippen LogP contribution in [0.5, 0.6) is 0 Å². The quantitative estimate of drug-likeness (QED) is 0.782. The van der Waals surface area contributed by atoms with E-state index >= 15 is 0 Å². The Hall–Kier alpha value is -2.37. The first-order valence-corrected chi connectivity index (χ1v) is 6.85. The average molecular weight is 289 g/mol. The third-order valence-corrected chi connectivity index (χ3v) is 3.32. The van der Waals surface area contributed by atoms with Crippen molar-refractivity contribution < 1.29 is 14.4 Å². The second-order valence-electron chi connectivity index (χ2n) is 5.53. The lowest BCUT2D eigenvalue weighted by Gasteiger charge is -2.15. The van der Waals surface area contributed by atoms with Crippen molar-refractivity contribution in [3.63, 3.8) is 0 Å². The van der Waals surface area contributed by atoms with Crippen molar-refractivity contribution >= 4 is 17.8 Å². The maximum absolute atomic E-state index is 11.9. The fourth-order valence-electron chi connectivity index (χ4n) is 2.15. The molecule has 2 N–H and O–H groups in total. The van der Waals surface area contributed by atoms with E-state index in [1.54, 1.807) is 13.8 Å². The maximum atomic E-state index is 11.9. The number of amides is 4. The largest absolute Gasteiger partial charge is 0.354 e. The van der Waals surface area contributed by atoms with Crippen LogP contribution in [-0.2, 0) is 16.0 Å². The number of benzene rings is 1. The van der Waals surface area contributed by atoms with E-state index < -0.39 is 11.6 Å². The van der Waals surface area contributed by atoms with Crippen LogP contribution in [0.1, 0.15) is 19.4 Å². The van der Waals surface area contributed by atoms with Gasteiger partial charge in [0.2, 0.25) is 5.91 Å². The fourth-order valence-corrected chi connectivity index (χ4v) is 2.15. The van der Waals surface area contributed by atoms with Crippen molar-refractivity contribution in [1.82, 2.24) is 15.5 Å². The summed E-state index contributed by atoms with van der Waals surface area (Å²) in [5.41, 5.74) is 0.176. The van der Waals surface area contributed by atoms with Gasteiger partial charge in [-0.25, -0.2) is 4.79 Å². The Morgan fingerprint density at radius 2 is 1.90 bits per heavy atom. The third kappa shape index (κ3) is 3.59. The smallest absolute Gasteiger partial charge is 0.325 e. The molecule has 1 aromatic rings. The van der Waals surface area contributed by atoms with Crippen LogP contribution in [0.4, 0.5) is 4.79 Å². The first-order chi connectivity index (χ1) is 9.90. The van der Waals surface area contributed by atoms with E-state index in [1.807, 2.05) is 30.3 Å². The van der Waals surface area contributed by atoms with Crippen LogP contribution in [0, 0.1) is 0 Å². The van der Waals surface area contributed by atoms with E-state index in [2.05, 4.69) is 10.6 Å². The van der Waals surface area contributed by atoms with Gasteiger partial charge >= 0.3 is 6.03 Å². The predicted octanol–water partition coefficient (Wildman–Crippen LogP) is 0.676. The monoisotopic (exact) mass is 289 g/mol. The molecule has 0 aliphatic carbocycles. The molecule has 2 rings (SSSR count). The number of rotatable bonds is 5. The number of hydrogen-bond acceptors (Lipinski definition) is 3. The van der Waals surface area contributed by atoms with Gasteiger partial charge in [-0.1, -0.05) is 30.3 Å². The van der Waals surface area contributed by atoms with Crippen LogP contribution in [0.25, 0.3) is 0 Å². The standard InChI is InChI=1S/C15H19N3O3/c1-15(2)13(20)18(14(21)17-15)10-12(19)16-9-8-11-6-4-3-5-7-11/h3-7H,8-10H2,1-2H3,(H,16,19)(H,17,21). The zero-order valence-electron chi connectivity index (χ0n) is 12.2. The van der Waals surface area contributed by atoms with Gasteiger partial charge < -0.3 is 10.6 Å². The SMILES string of the molecule is CC1(C)NC(=O)N(CC(=O)NCCc2ccccc2)C1=O. The van der Waals surface area contributed by atoms with E-state index in [0.717, 1.165) is 10.5 Å². The Balaban J connectivity index is 1.80. The molecule has 0 bridgehead atoms. The minimum Gasteiger partial charge on any atom is -0.354 e. The minimum atomic E-state index is -0.943. The molecule has 6 nitrogen and oxygen atoms in total. The van der Waals surface area contributed by atoms with E-state index in [-0.39, 0.29) is 18.4 Å². The summed E-state index contributed by atoms with van der Waals surface area (Å²) in [4.78, 5) is 36.3. The van der Waals surface area contributed by atoms with E-state index in [4.69, 9.17) is 0 Å². The molecule has 0 aromatic heterocycles. The van der Waals surface area contributed by atoms with Crippen LogP contribution < -0.4 is 10.6 Å². The van der Waals surface area contributed by atoms with Gasteiger partial charge in [-0.2, -0.15) is 0 Å². The number of nitrogens with zero attached hydrogens (tertiary/aromatic N) is 1. The summed E-state index contributed by atoms with van der Waals surface area (Å²) in [6, 6.07) is 9.24. The van der Waals surface area contributed by atoms with Crippen molar-refractivity contribution in [2.24, 2.45) is 0 Å². The maximum Gasteiger partial charge on any atom is 0.325 e. The molecule has 1 aliphatic heterocycles. The molecular weight excluding hydrogens is 270 g/mol. The van der Waals surface area contributed by atoms with Crippen LogP contribution in [0.3, 0.4) is 0 Å². The Morgan fingerprint density at radius 1 is 1.24 bits per heavy atom. The van der Waals surface area contributed by atoms with Gasteiger partial charge in [0.05, 0.1) is 0 Å². The molecule has 1 fully saturated rings. The number of carbonyl (C=O) groups excluding carboxylic acids is 3. The third-order valence-electron chi connectivity index (χ3n) is 3.32. The fraction of sp³-hybridized carbons (Fsp3) is 0.400. The van der Waals surface area contributed by atoms with Crippen LogP contribution in [-0.4, -0.2) is 41.4 Å². The lowest BCUT2D eigenvalue weighted by molar-refractivity contribution is -0.134. The number of imide groups is 1. The molecule has 0 spiro atoms. The summed E-state index contributed by atoms with van der Waals surface area (Å²) in [6.45, 7) is 3.44. The molecule has 1 aromatic carbocycles. The number of nitrogens with one attached hydrogen (secondary N) is 2. The summed E-state index contributed by atoms with van der Waals surface area (Å²) in [7, 11) is 0. The molecule has 0 radical (unpaired) electrons. The average Bonchev–Trinajstić information content (AvgIpc) is 2.62. The first kappa shape index (κ1) is 15.0. The normalized spacial score (nSPS) is 16.8. The highest BCUT2D eigenvalue weighted by molar-refractivity contribution is 6.08. The van der Waals surface area contributed by atoms with Crippen LogP contribution in [0.2, 0.25) is 0 Å². The second kappa shape index (κ2) is 5.95. The van der Waals surface area contributed by atoms with Crippen molar-refractivity contribution in [2.45, 2.75) is 25.8 Å². The van der Waals surface area contributed by atoms with E-state index in [1.165, 1.54) is 0 Å². The summed E-state index contributed by atoms with van der Waals surface area (Å²) in [5, 5.41) is 5.25. The topological polar surface area (TPSA) is 78.5 Å². The molecule has 0 unspecified atom stereocenters. The molecule has 0 atom stereocenters. The van der Waals surface area contributed by atoms with Gasteiger partial charge in [0, 0.05) is 6.54 Å². The lowest BCUT2D eigenvalue weighted by atomic mass is 10.1. The number of hydrogen-bond donors (Lipinski definition) is 2. The second-order valence-corrected chi connectivity index (χ2v) is 5.53. The molecular formula is C15H19N3O3. The van der Waals surface area contributed by atoms with Crippen LogP contribution >= 0.6 is 0 Å². The minimum absolute atomic E-state index is 0.247. The summed E-state index contributed by atoms with van der Waals surface area (Å²) < 4.78 is 0. The van der Waals surface area contributed by atoms with Crippen molar-refractivity contribution in [3.8, 4) is 0 Å². The Labute approximate surface area is 123 Å². The highest BCUT2D eigenvalue weighted by Gasteiger charge is 2.44. The van der Waals surface area contributed by atoms with Crippen molar-refractivity contribution in [3.05, 3.63) is 35.9 Å². The highest BCUT2D eigenvalue weighted by Crippen LogP contribution is 2.15. The van der Waals surface area contributed by atoms with Gasteiger partial charge in [-0.3, -0.25) is 14.5 Å². The molecule has 4 amide bonds. The summed E-state index contributed by atoms with van der Waals surface area (Å²) >= 11 is 0. The Bertz CT molecular complexity index is 555.